The number of carbonyl (C=O) groups is 1. The number of hydrogen-bond acceptors (Lipinski definition) is 4. The van der Waals surface area contributed by atoms with Crippen molar-refractivity contribution in [3.8, 4) is 5.75 Å². The first-order chi connectivity index (χ1) is 14.7. The molecule has 2 heterocycles. The number of amides is 1. The largest absolute Gasteiger partial charge is 0.489 e. The number of nitrogens with one attached hydrogen (secondary N) is 1. The van der Waals surface area contributed by atoms with Crippen LogP contribution in [-0.2, 0) is 6.54 Å². The third-order valence-electron chi connectivity index (χ3n) is 6.27. The number of likely N-dealkylation sites (tertiary alicyclic amines) is 1. The molecule has 1 aromatic carbocycles. The zero-order valence-electron chi connectivity index (χ0n) is 17.4. The fourth-order valence-corrected chi connectivity index (χ4v) is 5.41. The van der Waals surface area contributed by atoms with Crippen LogP contribution >= 0.6 is 22.9 Å². The molecule has 2 aliphatic rings. The molecule has 0 unspecified atom stereocenters. The van der Waals surface area contributed by atoms with Crippen LogP contribution in [-0.4, -0.2) is 36.5 Å². The Hall–Kier alpha value is -1.56. The minimum absolute atomic E-state index is 0.118. The fourth-order valence-electron chi connectivity index (χ4n) is 4.54. The van der Waals surface area contributed by atoms with Gasteiger partial charge in [0.1, 0.15) is 11.9 Å². The Kier molecular flexibility index (Phi) is 7.69. The SMILES string of the molecule is O=C(NCc1cccs1)c1ccc(OC2CCN(CC3CCCCC3)CC2)c(Cl)c1. The first kappa shape index (κ1) is 21.7. The molecule has 1 N–H and O–H groups in total. The molecule has 0 spiro atoms. The Morgan fingerprint density at radius 2 is 1.93 bits per heavy atom. The predicted molar refractivity (Wildman–Crippen MR) is 124 cm³/mol. The monoisotopic (exact) mass is 446 g/mol. The molecule has 4 rings (SSSR count). The van der Waals surface area contributed by atoms with Crippen LogP contribution in [0.5, 0.6) is 5.75 Å². The normalized spacial score (nSPS) is 19.0. The molecule has 1 amide bonds. The number of carbonyl (C=O) groups excluding carboxylic acids is 1. The van der Waals surface area contributed by atoms with Gasteiger partial charge >= 0.3 is 0 Å². The lowest BCUT2D eigenvalue weighted by molar-refractivity contribution is 0.0863. The van der Waals surface area contributed by atoms with E-state index in [-0.39, 0.29) is 12.0 Å². The van der Waals surface area contributed by atoms with Crippen LogP contribution in [0.15, 0.2) is 35.7 Å². The van der Waals surface area contributed by atoms with E-state index in [2.05, 4.69) is 10.2 Å². The number of hydrogen-bond donors (Lipinski definition) is 1. The summed E-state index contributed by atoms with van der Waals surface area (Å²) < 4.78 is 6.19. The lowest BCUT2D eigenvalue weighted by Gasteiger charge is -2.35. The molecule has 1 aliphatic heterocycles. The Balaban J connectivity index is 1.24. The maximum absolute atomic E-state index is 12.4. The van der Waals surface area contributed by atoms with Crippen molar-refractivity contribution >= 4 is 28.8 Å². The Morgan fingerprint density at radius 1 is 1.13 bits per heavy atom. The van der Waals surface area contributed by atoms with Crippen molar-refractivity contribution in [1.29, 1.82) is 0 Å². The molecule has 1 aliphatic carbocycles. The molecule has 2 aromatic rings. The van der Waals surface area contributed by atoms with Crippen LogP contribution in [0.3, 0.4) is 0 Å². The predicted octanol–water partition coefficient (Wildman–Crippen LogP) is 5.76. The zero-order valence-corrected chi connectivity index (χ0v) is 19.0. The fraction of sp³-hybridized carbons (Fsp3) is 0.542. The Bertz CT molecular complexity index is 813. The molecule has 2 fully saturated rings. The molecule has 1 saturated heterocycles. The third kappa shape index (κ3) is 5.99. The summed E-state index contributed by atoms with van der Waals surface area (Å²) in [5.74, 6) is 1.45. The van der Waals surface area contributed by atoms with Crippen molar-refractivity contribution < 1.29 is 9.53 Å². The second-order valence-electron chi connectivity index (χ2n) is 8.53. The molecular formula is C24H31ClN2O2S. The summed E-state index contributed by atoms with van der Waals surface area (Å²) in [6.45, 7) is 3.98. The van der Waals surface area contributed by atoms with Crippen molar-refractivity contribution in [3.05, 3.63) is 51.2 Å². The topological polar surface area (TPSA) is 41.6 Å². The van der Waals surface area contributed by atoms with E-state index in [1.54, 1.807) is 23.5 Å². The van der Waals surface area contributed by atoms with Gasteiger partial charge in [0.05, 0.1) is 11.6 Å². The lowest BCUT2D eigenvalue weighted by atomic mass is 9.88. The van der Waals surface area contributed by atoms with E-state index in [4.69, 9.17) is 16.3 Å². The molecule has 4 nitrogen and oxygen atoms in total. The van der Waals surface area contributed by atoms with Crippen LogP contribution in [0.2, 0.25) is 5.02 Å². The van der Waals surface area contributed by atoms with E-state index >= 15 is 0 Å². The number of thiophene rings is 1. The smallest absolute Gasteiger partial charge is 0.251 e. The summed E-state index contributed by atoms with van der Waals surface area (Å²) in [7, 11) is 0. The van der Waals surface area contributed by atoms with Crippen LogP contribution in [0.4, 0.5) is 0 Å². The lowest BCUT2D eigenvalue weighted by Crippen LogP contribution is -2.41. The van der Waals surface area contributed by atoms with Crippen LogP contribution in [0, 0.1) is 5.92 Å². The minimum Gasteiger partial charge on any atom is -0.489 e. The van der Waals surface area contributed by atoms with Crippen molar-refractivity contribution in [2.45, 2.75) is 57.6 Å². The maximum Gasteiger partial charge on any atom is 0.251 e. The molecule has 0 atom stereocenters. The molecule has 6 heteroatoms. The van der Waals surface area contributed by atoms with Gasteiger partial charge in [-0.1, -0.05) is 36.9 Å². The van der Waals surface area contributed by atoms with Crippen LogP contribution in [0.1, 0.15) is 60.2 Å². The summed E-state index contributed by atoms with van der Waals surface area (Å²) in [5, 5.41) is 5.44. The van der Waals surface area contributed by atoms with E-state index in [0.717, 1.165) is 36.7 Å². The Morgan fingerprint density at radius 3 is 2.63 bits per heavy atom. The van der Waals surface area contributed by atoms with Crippen molar-refractivity contribution in [3.63, 3.8) is 0 Å². The van der Waals surface area contributed by atoms with E-state index in [9.17, 15) is 4.79 Å². The van der Waals surface area contributed by atoms with Crippen LogP contribution < -0.4 is 10.1 Å². The van der Waals surface area contributed by atoms with Gasteiger partial charge in [-0.2, -0.15) is 0 Å². The van der Waals surface area contributed by atoms with E-state index < -0.39 is 0 Å². The third-order valence-corrected chi connectivity index (χ3v) is 7.44. The van der Waals surface area contributed by atoms with Gasteiger partial charge in [-0.15, -0.1) is 11.3 Å². The van der Waals surface area contributed by atoms with Gasteiger partial charge < -0.3 is 15.0 Å². The highest BCUT2D eigenvalue weighted by Crippen LogP contribution is 2.30. The second-order valence-corrected chi connectivity index (χ2v) is 9.97. The van der Waals surface area contributed by atoms with E-state index in [1.165, 1.54) is 38.6 Å². The molecular weight excluding hydrogens is 416 g/mol. The summed E-state index contributed by atoms with van der Waals surface area (Å²) in [4.78, 5) is 16.1. The summed E-state index contributed by atoms with van der Waals surface area (Å²) in [6.07, 6.45) is 9.30. The van der Waals surface area contributed by atoms with Gasteiger partial charge in [0.25, 0.3) is 5.91 Å². The van der Waals surface area contributed by atoms with E-state index in [1.807, 2.05) is 23.6 Å². The molecule has 0 radical (unpaired) electrons. The average Bonchev–Trinajstić information content (AvgIpc) is 3.29. The van der Waals surface area contributed by atoms with Gasteiger partial charge in [0, 0.05) is 30.1 Å². The number of piperidine rings is 1. The summed E-state index contributed by atoms with van der Waals surface area (Å²) in [5.41, 5.74) is 0.561. The van der Waals surface area contributed by atoms with Gasteiger partial charge in [-0.05, 0) is 61.2 Å². The molecule has 1 saturated carbocycles. The highest BCUT2D eigenvalue weighted by molar-refractivity contribution is 7.09. The first-order valence-electron chi connectivity index (χ1n) is 11.2. The van der Waals surface area contributed by atoms with Crippen molar-refractivity contribution in [1.82, 2.24) is 10.2 Å². The van der Waals surface area contributed by atoms with Gasteiger partial charge in [-0.3, -0.25) is 4.79 Å². The number of ether oxygens (including phenoxy) is 1. The highest BCUT2D eigenvalue weighted by Gasteiger charge is 2.24. The average molecular weight is 447 g/mol. The van der Waals surface area contributed by atoms with Gasteiger partial charge in [0.2, 0.25) is 0 Å². The molecule has 162 valence electrons. The highest BCUT2D eigenvalue weighted by atomic mass is 35.5. The number of benzene rings is 1. The molecule has 1 aromatic heterocycles. The van der Waals surface area contributed by atoms with Crippen molar-refractivity contribution in [2.75, 3.05) is 19.6 Å². The van der Waals surface area contributed by atoms with Crippen molar-refractivity contribution in [2.24, 2.45) is 5.92 Å². The number of nitrogens with zero attached hydrogens (tertiary/aromatic N) is 1. The second kappa shape index (κ2) is 10.7. The maximum atomic E-state index is 12.4. The van der Waals surface area contributed by atoms with Crippen LogP contribution in [0.25, 0.3) is 0 Å². The number of halogens is 1. The van der Waals surface area contributed by atoms with Gasteiger partial charge in [0.15, 0.2) is 0 Å². The number of rotatable bonds is 7. The quantitative estimate of drug-likeness (QED) is 0.588. The zero-order chi connectivity index (χ0) is 20.8. The standard InChI is InChI=1S/C24H31ClN2O2S/c25-22-15-19(24(28)26-16-21-7-4-14-30-21)8-9-23(22)29-20-10-12-27(13-11-20)17-18-5-2-1-3-6-18/h4,7-9,14-15,18,20H,1-3,5-6,10-13,16-17H2,(H,26,28). The molecule has 30 heavy (non-hydrogen) atoms. The Labute approximate surface area is 188 Å². The summed E-state index contributed by atoms with van der Waals surface area (Å²) >= 11 is 8.07. The molecule has 0 bridgehead atoms. The van der Waals surface area contributed by atoms with Gasteiger partial charge in [-0.25, -0.2) is 0 Å². The minimum atomic E-state index is -0.118. The first-order valence-corrected chi connectivity index (χ1v) is 12.4. The van der Waals surface area contributed by atoms with E-state index in [0.29, 0.717) is 22.9 Å². The summed E-state index contributed by atoms with van der Waals surface area (Å²) in [6, 6.07) is 9.32.